The number of rotatable bonds is 6. The standard InChI is InChI=1S/C21H20NO5P.Na/c1-14-11-17(20(23)16-7-4-3-5-8-16)12-15(2)21(14)27-28(24,25)26-19-10-6-9-18(22)13-19;/h3-13H,22H2,1-2H3,(H,24,25);/q;+1/p-1. The Morgan fingerprint density at radius 1 is 0.897 bits per heavy atom. The summed E-state index contributed by atoms with van der Waals surface area (Å²) in [6.45, 7) is 3.34. The summed E-state index contributed by atoms with van der Waals surface area (Å²) in [5.41, 5.74) is 8.01. The molecule has 0 amide bonds. The Labute approximate surface area is 191 Å². The van der Waals surface area contributed by atoms with Crippen LogP contribution in [-0.2, 0) is 4.57 Å². The van der Waals surface area contributed by atoms with Crippen LogP contribution in [0, 0.1) is 13.8 Å². The first-order valence-electron chi connectivity index (χ1n) is 8.52. The number of carbonyl (C=O) groups is 1. The Kier molecular flexibility index (Phi) is 7.69. The first-order chi connectivity index (χ1) is 13.2. The van der Waals surface area contributed by atoms with E-state index in [9.17, 15) is 14.3 Å². The second-order valence-corrected chi connectivity index (χ2v) is 7.60. The van der Waals surface area contributed by atoms with Gasteiger partial charge < -0.3 is 19.7 Å². The normalized spacial score (nSPS) is 12.4. The van der Waals surface area contributed by atoms with Gasteiger partial charge in [0.05, 0.1) is 0 Å². The van der Waals surface area contributed by atoms with Crippen LogP contribution in [-0.4, -0.2) is 5.78 Å². The molecule has 8 heteroatoms. The monoisotopic (exact) mass is 419 g/mol. The van der Waals surface area contributed by atoms with Crippen LogP contribution in [0.4, 0.5) is 5.69 Å². The molecule has 3 aromatic rings. The van der Waals surface area contributed by atoms with Crippen LogP contribution in [0.25, 0.3) is 0 Å². The molecule has 0 saturated carbocycles. The summed E-state index contributed by atoms with van der Waals surface area (Å²) >= 11 is 0. The number of phosphoric ester groups is 1. The summed E-state index contributed by atoms with van der Waals surface area (Å²) in [5.74, 6) is 0.0380. The molecule has 0 spiro atoms. The van der Waals surface area contributed by atoms with Crippen molar-refractivity contribution in [3.8, 4) is 11.5 Å². The third-order valence-corrected chi connectivity index (χ3v) is 4.88. The zero-order chi connectivity index (χ0) is 20.3. The van der Waals surface area contributed by atoms with Crippen molar-refractivity contribution in [2.75, 3.05) is 5.73 Å². The number of phosphoric acid groups is 1. The Morgan fingerprint density at radius 3 is 2.10 bits per heavy atom. The van der Waals surface area contributed by atoms with Crippen molar-refractivity contribution in [3.63, 3.8) is 0 Å². The quantitative estimate of drug-likeness (QED) is 0.277. The summed E-state index contributed by atoms with van der Waals surface area (Å²) in [5, 5.41) is 0. The zero-order valence-electron chi connectivity index (χ0n) is 16.4. The number of benzene rings is 3. The fraction of sp³-hybridized carbons (Fsp3) is 0.0952. The predicted octanol–water partition coefficient (Wildman–Crippen LogP) is 1.05. The van der Waals surface area contributed by atoms with Gasteiger partial charge in [-0.3, -0.25) is 4.79 Å². The first kappa shape index (κ1) is 23.2. The van der Waals surface area contributed by atoms with Gasteiger partial charge in [0.2, 0.25) is 0 Å². The molecule has 6 nitrogen and oxygen atoms in total. The molecule has 0 aromatic heterocycles. The molecule has 0 aliphatic carbocycles. The van der Waals surface area contributed by atoms with E-state index in [1.165, 1.54) is 12.1 Å². The molecule has 0 aliphatic heterocycles. The molecular formula is C21H19NNaO5P. The number of aryl methyl sites for hydroxylation is 2. The maximum Gasteiger partial charge on any atom is 1.00 e. The smallest absolute Gasteiger partial charge is 0.736 e. The molecule has 29 heavy (non-hydrogen) atoms. The fourth-order valence-electron chi connectivity index (χ4n) is 2.81. The van der Waals surface area contributed by atoms with Gasteiger partial charge in [0.1, 0.15) is 11.5 Å². The average Bonchev–Trinajstić information content (AvgIpc) is 2.64. The molecule has 2 N–H and O–H groups in total. The van der Waals surface area contributed by atoms with Crippen LogP contribution < -0.4 is 49.2 Å². The van der Waals surface area contributed by atoms with E-state index >= 15 is 0 Å². The van der Waals surface area contributed by atoms with Gasteiger partial charge in [-0.25, -0.2) is 4.57 Å². The average molecular weight is 419 g/mol. The van der Waals surface area contributed by atoms with Crippen LogP contribution in [0.3, 0.4) is 0 Å². The minimum atomic E-state index is -4.70. The van der Waals surface area contributed by atoms with E-state index < -0.39 is 7.82 Å². The molecule has 0 heterocycles. The van der Waals surface area contributed by atoms with Crippen LogP contribution in [0.2, 0.25) is 0 Å². The largest absolute Gasteiger partial charge is 1.00 e. The number of hydrogen-bond acceptors (Lipinski definition) is 6. The van der Waals surface area contributed by atoms with Crippen molar-refractivity contribution in [3.05, 3.63) is 89.0 Å². The van der Waals surface area contributed by atoms with Gasteiger partial charge in [-0.15, -0.1) is 0 Å². The number of nitrogens with two attached hydrogens (primary N) is 1. The molecule has 0 radical (unpaired) electrons. The van der Waals surface area contributed by atoms with Gasteiger partial charge in [-0.05, 0) is 49.2 Å². The number of carbonyl (C=O) groups excluding carboxylic acids is 1. The molecule has 0 saturated heterocycles. The second kappa shape index (κ2) is 9.61. The maximum atomic E-state index is 12.6. The predicted molar refractivity (Wildman–Crippen MR) is 106 cm³/mol. The van der Waals surface area contributed by atoms with Gasteiger partial charge >= 0.3 is 37.4 Å². The second-order valence-electron chi connectivity index (χ2n) is 6.34. The van der Waals surface area contributed by atoms with Gasteiger partial charge in [0.15, 0.2) is 5.78 Å². The van der Waals surface area contributed by atoms with E-state index in [0.717, 1.165) is 0 Å². The number of ketones is 1. The van der Waals surface area contributed by atoms with Crippen LogP contribution >= 0.6 is 7.82 Å². The summed E-state index contributed by atoms with van der Waals surface area (Å²) in [6.07, 6.45) is 0. The van der Waals surface area contributed by atoms with E-state index in [1.54, 1.807) is 62.4 Å². The first-order valence-corrected chi connectivity index (χ1v) is 9.98. The summed E-state index contributed by atoms with van der Waals surface area (Å²) in [4.78, 5) is 24.9. The Hall–Kier alpha value is -2.08. The zero-order valence-corrected chi connectivity index (χ0v) is 19.3. The number of hydrogen-bond donors (Lipinski definition) is 1. The van der Waals surface area contributed by atoms with Crippen LogP contribution in [0.15, 0.2) is 66.7 Å². The molecule has 3 rings (SSSR count). The van der Waals surface area contributed by atoms with Gasteiger partial charge in [-0.2, -0.15) is 0 Å². The van der Waals surface area contributed by atoms with Crippen LogP contribution in [0.5, 0.6) is 11.5 Å². The summed E-state index contributed by atoms with van der Waals surface area (Å²) in [7, 11) is -4.70. The Bertz CT molecular complexity index is 1050. The van der Waals surface area contributed by atoms with Crippen molar-refractivity contribution in [2.45, 2.75) is 13.8 Å². The Balaban J connectivity index is 0.00000300. The van der Waals surface area contributed by atoms with Crippen molar-refractivity contribution in [1.29, 1.82) is 0 Å². The van der Waals surface area contributed by atoms with E-state index in [0.29, 0.717) is 27.9 Å². The van der Waals surface area contributed by atoms with Crippen molar-refractivity contribution >= 4 is 19.3 Å². The van der Waals surface area contributed by atoms with Crippen molar-refractivity contribution < 1.29 is 52.9 Å². The van der Waals surface area contributed by atoms with Crippen LogP contribution in [0.1, 0.15) is 27.0 Å². The molecule has 0 fully saturated rings. The van der Waals surface area contributed by atoms with Gasteiger partial charge in [0, 0.05) is 22.9 Å². The SMILES string of the molecule is Cc1cc(C(=O)c2ccccc2)cc(C)c1OP(=O)([O-])Oc1cccc(N)c1.[Na+]. The molecule has 0 bridgehead atoms. The van der Waals surface area contributed by atoms with Gasteiger partial charge in [0.25, 0.3) is 0 Å². The molecule has 3 aromatic carbocycles. The molecular weight excluding hydrogens is 400 g/mol. The van der Waals surface area contributed by atoms with Crippen molar-refractivity contribution in [2.24, 2.45) is 0 Å². The topological polar surface area (TPSA) is 102 Å². The third-order valence-electron chi connectivity index (χ3n) is 4.04. The molecule has 0 aliphatic rings. The Morgan fingerprint density at radius 2 is 1.52 bits per heavy atom. The van der Waals surface area contributed by atoms with E-state index in [1.807, 2.05) is 6.07 Å². The fourth-order valence-corrected chi connectivity index (χ4v) is 3.73. The van der Waals surface area contributed by atoms with E-state index in [2.05, 4.69) is 0 Å². The van der Waals surface area contributed by atoms with Crippen molar-refractivity contribution in [1.82, 2.24) is 0 Å². The summed E-state index contributed by atoms with van der Waals surface area (Å²) in [6, 6.07) is 18.1. The maximum absolute atomic E-state index is 12.6. The third kappa shape index (κ3) is 5.95. The minimum Gasteiger partial charge on any atom is -0.736 e. The molecule has 1 atom stereocenters. The van der Waals surface area contributed by atoms with E-state index in [-0.39, 0.29) is 46.8 Å². The molecule has 144 valence electrons. The minimum absolute atomic E-state index is 0. The molecule has 1 unspecified atom stereocenters. The summed E-state index contributed by atoms with van der Waals surface area (Å²) < 4.78 is 22.4. The number of nitrogen functional groups attached to an aromatic ring is 1. The van der Waals surface area contributed by atoms with E-state index in [4.69, 9.17) is 14.8 Å². The van der Waals surface area contributed by atoms with Gasteiger partial charge in [-0.1, -0.05) is 36.4 Å². The number of anilines is 1.